The molecule has 1 N–H and O–H groups in total. The van der Waals surface area contributed by atoms with Crippen LogP contribution >= 0.6 is 11.3 Å². The summed E-state index contributed by atoms with van der Waals surface area (Å²) < 4.78 is 24.9. The highest BCUT2D eigenvalue weighted by Crippen LogP contribution is 2.10. The fourth-order valence-corrected chi connectivity index (χ4v) is 1.88. The zero-order valence-corrected chi connectivity index (χ0v) is 9.45. The lowest BCUT2D eigenvalue weighted by molar-refractivity contribution is 0.0560. The number of carbonyl (C=O) groups excluding carboxylic acids is 1. The van der Waals surface area contributed by atoms with E-state index in [1.165, 1.54) is 17.4 Å². The molecule has 2 aromatic rings. The van der Waals surface area contributed by atoms with Crippen LogP contribution in [0.25, 0.3) is 0 Å². The van der Waals surface area contributed by atoms with Crippen molar-refractivity contribution < 1.29 is 13.6 Å². The van der Waals surface area contributed by atoms with E-state index in [0.29, 0.717) is 11.2 Å². The molecule has 0 radical (unpaired) electrons. The Balaban J connectivity index is 1.95. The van der Waals surface area contributed by atoms with Gasteiger partial charge in [-0.25, -0.2) is 4.68 Å². The van der Waals surface area contributed by atoms with Gasteiger partial charge in [-0.2, -0.15) is 13.9 Å². The standard InChI is InChI=1S/C10H9F2N3OS/c11-10(12)15-4-3-8(14-15)9(16)13-6-7-2-1-5-17-7/h1-5,10H,6H2,(H,13,16). The summed E-state index contributed by atoms with van der Waals surface area (Å²) in [6.45, 7) is -2.35. The number of nitrogens with one attached hydrogen (secondary N) is 1. The van der Waals surface area contributed by atoms with Crippen LogP contribution in [0.3, 0.4) is 0 Å². The van der Waals surface area contributed by atoms with Crippen molar-refractivity contribution in [3.05, 3.63) is 40.3 Å². The minimum Gasteiger partial charge on any atom is -0.346 e. The summed E-state index contributed by atoms with van der Waals surface area (Å²) in [6, 6.07) is 5.01. The van der Waals surface area contributed by atoms with E-state index in [-0.39, 0.29) is 5.69 Å². The third-order valence-corrected chi connectivity index (χ3v) is 2.92. The van der Waals surface area contributed by atoms with Gasteiger partial charge in [-0.05, 0) is 17.5 Å². The number of rotatable bonds is 4. The number of aromatic nitrogens is 2. The summed E-state index contributed by atoms with van der Waals surface area (Å²) >= 11 is 1.51. The Morgan fingerprint density at radius 3 is 2.94 bits per heavy atom. The average molecular weight is 257 g/mol. The van der Waals surface area contributed by atoms with E-state index in [2.05, 4.69) is 10.4 Å². The third-order valence-electron chi connectivity index (χ3n) is 2.04. The predicted octanol–water partition coefficient (Wildman–Crippen LogP) is 2.27. The molecule has 2 aromatic heterocycles. The Labute approximate surface area is 99.9 Å². The molecule has 4 nitrogen and oxygen atoms in total. The molecule has 1 amide bonds. The second kappa shape index (κ2) is 5.05. The Hall–Kier alpha value is -1.76. The van der Waals surface area contributed by atoms with Gasteiger partial charge in [0.15, 0.2) is 0 Å². The molecule has 0 unspecified atom stereocenters. The normalized spacial score (nSPS) is 10.8. The van der Waals surface area contributed by atoms with Crippen molar-refractivity contribution in [1.29, 1.82) is 0 Å². The Morgan fingerprint density at radius 1 is 1.53 bits per heavy atom. The molecule has 2 heterocycles. The number of alkyl halides is 2. The van der Waals surface area contributed by atoms with Gasteiger partial charge in [0.05, 0.1) is 6.54 Å². The second-order valence-electron chi connectivity index (χ2n) is 3.22. The average Bonchev–Trinajstić information content (AvgIpc) is 2.96. The van der Waals surface area contributed by atoms with Gasteiger partial charge in [-0.15, -0.1) is 11.3 Å². The molecular weight excluding hydrogens is 248 g/mol. The van der Waals surface area contributed by atoms with Crippen molar-refractivity contribution in [3.8, 4) is 0 Å². The van der Waals surface area contributed by atoms with E-state index in [0.717, 1.165) is 11.1 Å². The van der Waals surface area contributed by atoms with Gasteiger partial charge in [0.2, 0.25) is 0 Å². The highest BCUT2D eigenvalue weighted by atomic mass is 32.1. The molecule has 0 fully saturated rings. The molecular formula is C10H9F2N3OS. The van der Waals surface area contributed by atoms with Gasteiger partial charge in [-0.3, -0.25) is 4.79 Å². The third kappa shape index (κ3) is 2.88. The molecule has 90 valence electrons. The number of hydrogen-bond donors (Lipinski definition) is 1. The summed E-state index contributed by atoms with van der Waals surface area (Å²) in [5, 5.41) is 7.97. The maximum atomic E-state index is 12.2. The smallest absolute Gasteiger partial charge is 0.333 e. The van der Waals surface area contributed by atoms with E-state index in [1.54, 1.807) is 0 Å². The Kier molecular flexibility index (Phi) is 3.48. The van der Waals surface area contributed by atoms with Crippen LogP contribution in [-0.4, -0.2) is 15.7 Å². The van der Waals surface area contributed by atoms with E-state index in [1.807, 2.05) is 17.5 Å². The van der Waals surface area contributed by atoms with Gasteiger partial charge in [0.25, 0.3) is 5.91 Å². The van der Waals surface area contributed by atoms with Crippen LogP contribution < -0.4 is 5.32 Å². The number of amides is 1. The van der Waals surface area contributed by atoms with Crippen molar-refractivity contribution in [2.45, 2.75) is 13.1 Å². The maximum absolute atomic E-state index is 12.2. The maximum Gasteiger partial charge on any atom is 0.333 e. The van der Waals surface area contributed by atoms with Crippen LogP contribution in [0.15, 0.2) is 29.8 Å². The minimum atomic E-state index is -2.73. The van der Waals surface area contributed by atoms with E-state index in [4.69, 9.17) is 0 Å². The van der Waals surface area contributed by atoms with E-state index < -0.39 is 12.5 Å². The van der Waals surface area contributed by atoms with Crippen molar-refractivity contribution in [2.75, 3.05) is 0 Å². The van der Waals surface area contributed by atoms with Crippen LogP contribution in [0, 0.1) is 0 Å². The van der Waals surface area contributed by atoms with Gasteiger partial charge in [-0.1, -0.05) is 6.07 Å². The predicted molar refractivity (Wildman–Crippen MR) is 59.0 cm³/mol. The molecule has 2 rings (SSSR count). The molecule has 0 spiro atoms. The molecule has 0 aliphatic rings. The van der Waals surface area contributed by atoms with Crippen molar-refractivity contribution in [2.24, 2.45) is 0 Å². The summed E-state index contributed by atoms with van der Waals surface area (Å²) in [7, 11) is 0. The van der Waals surface area contributed by atoms with Crippen LogP contribution in [-0.2, 0) is 6.54 Å². The monoisotopic (exact) mass is 257 g/mol. The van der Waals surface area contributed by atoms with Gasteiger partial charge in [0.1, 0.15) is 5.69 Å². The zero-order chi connectivity index (χ0) is 12.3. The van der Waals surface area contributed by atoms with Gasteiger partial charge < -0.3 is 5.32 Å². The second-order valence-corrected chi connectivity index (χ2v) is 4.25. The number of hydrogen-bond acceptors (Lipinski definition) is 3. The molecule has 0 saturated carbocycles. The Morgan fingerprint density at radius 2 is 2.35 bits per heavy atom. The number of nitrogens with zero attached hydrogens (tertiary/aromatic N) is 2. The quantitative estimate of drug-likeness (QED) is 0.913. The van der Waals surface area contributed by atoms with Crippen LogP contribution in [0.1, 0.15) is 21.9 Å². The zero-order valence-electron chi connectivity index (χ0n) is 8.64. The first kappa shape index (κ1) is 11.7. The van der Waals surface area contributed by atoms with Gasteiger partial charge in [0, 0.05) is 11.1 Å². The highest BCUT2D eigenvalue weighted by Gasteiger charge is 2.12. The molecule has 17 heavy (non-hydrogen) atoms. The molecule has 0 atom stereocenters. The summed E-state index contributed by atoms with van der Waals surface area (Å²) in [5.74, 6) is -0.460. The van der Waals surface area contributed by atoms with E-state index in [9.17, 15) is 13.6 Å². The minimum absolute atomic E-state index is 0.0122. The van der Waals surface area contributed by atoms with Crippen molar-refractivity contribution in [1.82, 2.24) is 15.1 Å². The first-order valence-electron chi connectivity index (χ1n) is 4.80. The summed E-state index contributed by atoms with van der Waals surface area (Å²) in [5.41, 5.74) is -0.0122. The SMILES string of the molecule is O=C(NCc1cccs1)c1ccn(C(F)F)n1. The number of thiophene rings is 1. The lowest BCUT2D eigenvalue weighted by Gasteiger charge is -2.00. The fourth-order valence-electron chi connectivity index (χ4n) is 1.24. The van der Waals surface area contributed by atoms with Gasteiger partial charge >= 0.3 is 6.55 Å². The lowest BCUT2D eigenvalue weighted by Crippen LogP contribution is -2.23. The molecule has 0 bridgehead atoms. The van der Waals surface area contributed by atoms with Crippen molar-refractivity contribution in [3.63, 3.8) is 0 Å². The lowest BCUT2D eigenvalue weighted by atomic mass is 10.4. The molecule has 0 aromatic carbocycles. The van der Waals surface area contributed by atoms with Crippen LogP contribution in [0.2, 0.25) is 0 Å². The number of halogens is 2. The molecule has 0 saturated heterocycles. The first-order chi connectivity index (χ1) is 8.16. The summed E-state index contributed by atoms with van der Waals surface area (Å²) in [4.78, 5) is 12.5. The van der Waals surface area contributed by atoms with Crippen LogP contribution in [0.5, 0.6) is 0 Å². The van der Waals surface area contributed by atoms with Crippen LogP contribution in [0.4, 0.5) is 8.78 Å². The number of carbonyl (C=O) groups is 1. The first-order valence-corrected chi connectivity index (χ1v) is 5.68. The largest absolute Gasteiger partial charge is 0.346 e. The molecule has 0 aliphatic carbocycles. The highest BCUT2D eigenvalue weighted by molar-refractivity contribution is 7.09. The molecule has 0 aliphatic heterocycles. The molecule has 7 heteroatoms. The van der Waals surface area contributed by atoms with Crippen molar-refractivity contribution >= 4 is 17.2 Å². The van der Waals surface area contributed by atoms with E-state index >= 15 is 0 Å². The fraction of sp³-hybridized carbons (Fsp3) is 0.200. The Bertz CT molecular complexity index is 495. The summed E-state index contributed by atoms with van der Waals surface area (Å²) in [6.07, 6.45) is 1.07. The topological polar surface area (TPSA) is 46.9 Å².